The van der Waals surface area contributed by atoms with Crippen LogP contribution in [0.25, 0.3) is 12.2 Å². The summed E-state index contributed by atoms with van der Waals surface area (Å²) in [7, 11) is 3.14. The molecule has 2 aromatic rings. The molecule has 0 aliphatic carbocycles. The normalized spacial score (nSPS) is 12.4. The van der Waals surface area contributed by atoms with E-state index in [0.717, 1.165) is 17.2 Å². The van der Waals surface area contributed by atoms with E-state index in [9.17, 15) is 20.1 Å². The molecule has 0 bridgehead atoms. The fraction of sp³-hybridized carbons (Fsp3) is 0.148. The predicted molar refractivity (Wildman–Crippen MR) is 130 cm³/mol. The van der Waals surface area contributed by atoms with E-state index in [-0.39, 0.29) is 24.8 Å². The number of ketones is 1. The van der Waals surface area contributed by atoms with Crippen molar-refractivity contribution < 1.29 is 29.6 Å². The molecule has 0 saturated heterocycles. The highest BCUT2D eigenvalue weighted by molar-refractivity contribution is 5.99. The maximum atomic E-state index is 11.9. The van der Waals surface area contributed by atoms with Crippen LogP contribution in [0.2, 0.25) is 0 Å². The Morgan fingerprint density at radius 1 is 0.788 bits per heavy atom. The first-order valence-corrected chi connectivity index (χ1v) is 10.2. The second kappa shape index (κ2) is 13.5. The van der Waals surface area contributed by atoms with Crippen LogP contribution in [0.1, 0.15) is 22.3 Å². The third kappa shape index (κ3) is 8.29. The van der Waals surface area contributed by atoms with Gasteiger partial charge in [-0.15, -0.1) is 0 Å². The second-order valence-corrected chi connectivity index (χ2v) is 6.87. The van der Waals surface area contributed by atoms with Gasteiger partial charge in [-0.2, -0.15) is 0 Å². The van der Waals surface area contributed by atoms with Crippen molar-refractivity contribution in [2.24, 2.45) is 0 Å². The first-order valence-electron chi connectivity index (χ1n) is 10.2. The quantitative estimate of drug-likeness (QED) is 0.265. The summed E-state index contributed by atoms with van der Waals surface area (Å²) < 4.78 is 10.4. The van der Waals surface area contributed by atoms with Crippen molar-refractivity contribution in [3.05, 3.63) is 107 Å². The Labute approximate surface area is 193 Å². The zero-order chi connectivity index (χ0) is 24.1. The van der Waals surface area contributed by atoms with Crippen molar-refractivity contribution in [2.45, 2.75) is 13.2 Å². The summed E-state index contributed by atoms with van der Waals surface area (Å²) in [5.41, 5.74) is 3.06. The third-order valence-electron chi connectivity index (χ3n) is 4.60. The van der Waals surface area contributed by atoms with E-state index in [2.05, 4.69) is 0 Å². The molecule has 0 aromatic heterocycles. The Bertz CT molecular complexity index is 1090. The van der Waals surface area contributed by atoms with Crippen molar-refractivity contribution >= 4 is 17.9 Å². The molecule has 0 saturated carbocycles. The molecule has 3 N–H and O–H groups in total. The van der Waals surface area contributed by atoms with Gasteiger partial charge >= 0.3 is 0 Å². The minimum atomic E-state index is -0.356. The van der Waals surface area contributed by atoms with Gasteiger partial charge in [0.05, 0.1) is 27.4 Å². The third-order valence-corrected chi connectivity index (χ3v) is 4.60. The molecule has 172 valence electrons. The number of carbonyl (C=O) groups excluding carboxylic acids is 1. The lowest BCUT2D eigenvalue weighted by atomic mass is 10.0. The van der Waals surface area contributed by atoms with E-state index in [1.807, 2.05) is 24.3 Å². The van der Waals surface area contributed by atoms with Gasteiger partial charge < -0.3 is 24.8 Å². The lowest BCUT2D eigenvalue weighted by molar-refractivity contribution is -0.110. The predicted octanol–water partition coefficient (Wildman–Crippen LogP) is 4.54. The Morgan fingerprint density at radius 2 is 1.39 bits per heavy atom. The number of benzene rings is 2. The largest absolute Gasteiger partial charge is 0.508 e. The first kappa shape index (κ1) is 25.4. The number of rotatable bonds is 11. The van der Waals surface area contributed by atoms with Crippen molar-refractivity contribution in [1.29, 1.82) is 0 Å². The minimum Gasteiger partial charge on any atom is -0.508 e. The van der Waals surface area contributed by atoms with Crippen molar-refractivity contribution in [3.8, 4) is 11.5 Å². The van der Waals surface area contributed by atoms with E-state index in [4.69, 9.17) is 9.47 Å². The average Bonchev–Trinajstić information content (AvgIpc) is 2.84. The van der Waals surface area contributed by atoms with Gasteiger partial charge in [0.1, 0.15) is 5.76 Å². The maximum absolute atomic E-state index is 11.9. The summed E-state index contributed by atoms with van der Waals surface area (Å²) in [6.45, 7) is -0.289. The fourth-order valence-electron chi connectivity index (χ4n) is 2.89. The van der Waals surface area contributed by atoms with Crippen LogP contribution in [-0.4, -0.2) is 35.3 Å². The number of hydrogen-bond acceptors (Lipinski definition) is 6. The summed E-state index contributed by atoms with van der Waals surface area (Å²) in [5, 5.41) is 28.5. The Hall–Kier alpha value is -3.87. The van der Waals surface area contributed by atoms with Crippen LogP contribution in [0.15, 0.2) is 84.7 Å². The monoisotopic (exact) mass is 448 g/mol. The molecule has 0 radical (unpaired) electrons. The highest BCUT2D eigenvalue weighted by atomic mass is 16.5. The van der Waals surface area contributed by atoms with Crippen molar-refractivity contribution in [1.82, 2.24) is 0 Å². The average molecular weight is 449 g/mol. The van der Waals surface area contributed by atoms with E-state index >= 15 is 0 Å². The van der Waals surface area contributed by atoms with Gasteiger partial charge in [-0.05, 0) is 52.6 Å². The van der Waals surface area contributed by atoms with Gasteiger partial charge in [-0.1, -0.05) is 54.7 Å². The topological polar surface area (TPSA) is 96.2 Å². The first-order chi connectivity index (χ1) is 16.0. The zero-order valence-corrected chi connectivity index (χ0v) is 18.6. The molecule has 0 atom stereocenters. The van der Waals surface area contributed by atoms with Crippen LogP contribution in [-0.2, 0) is 18.0 Å². The van der Waals surface area contributed by atoms with Gasteiger partial charge in [0, 0.05) is 6.08 Å². The SMILES string of the molecule is COc1ccc(/C=C/C=C/C(=O)/C=C(O)/C=C/C=C/c2ccc(CO)c(CO)c2)cc1OC. The Morgan fingerprint density at radius 3 is 2.03 bits per heavy atom. The minimum absolute atomic E-state index is 0.132. The summed E-state index contributed by atoms with van der Waals surface area (Å²) >= 11 is 0. The fourth-order valence-corrected chi connectivity index (χ4v) is 2.89. The molecule has 0 aliphatic heterocycles. The summed E-state index contributed by atoms with van der Waals surface area (Å²) in [6, 6.07) is 10.8. The highest BCUT2D eigenvalue weighted by Crippen LogP contribution is 2.27. The molecule has 0 amide bonds. The number of ether oxygens (including phenoxy) is 2. The molecule has 0 aliphatic rings. The van der Waals surface area contributed by atoms with E-state index < -0.39 is 0 Å². The maximum Gasteiger partial charge on any atom is 0.182 e. The molecule has 2 rings (SSSR count). The molecule has 0 fully saturated rings. The number of allylic oxidation sites excluding steroid dienone is 7. The van der Waals surface area contributed by atoms with Crippen LogP contribution in [0.4, 0.5) is 0 Å². The number of carbonyl (C=O) groups is 1. The molecule has 6 heteroatoms. The molecule has 0 unspecified atom stereocenters. The van der Waals surface area contributed by atoms with Gasteiger partial charge in [0.15, 0.2) is 17.3 Å². The van der Waals surface area contributed by atoms with Gasteiger partial charge in [-0.25, -0.2) is 0 Å². The number of hydrogen-bond donors (Lipinski definition) is 3. The smallest absolute Gasteiger partial charge is 0.182 e. The molecular weight excluding hydrogens is 420 g/mol. The van der Waals surface area contributed by atoms with Gasteiger partial charge in [0.25, 0.3) is 0 Å². The zero-order valence-electron chi connectivity index (χ0n) is 18.6. The van der Waals surface area contributed by atoms with Gasteiger partial charge in [-0.3, -0.25) is 4.79 Å². The molecule has 6 nitrogen and oxygen atoms in total. The standard InChI is InChI=1S/C27H28O6/c1-32-26-14-12-21(16-27(26)33-2)8-4-6-10-25(31)17-24(30)9-5-3-7-20-11-13-22(18-28)23(15-20)19-29/h3-17,28-30H,18-19H2,1-2H3/b7-3+,8-4+,9-5+,10-6+,24-17-. The van der Waals surface area contributed by atoms with Crippen LogP contribution in [0.5, 0.6) is 11.5 Å². The lowest BCUT2D eigenvalue weighted by Crippen LogP contribution is -1.94. The second-order valence-electron chi connectivity index (χ2n) is 6.87. The van der Waals surface area contributed by atoms with Crippen LogP contribution in [0, 0.1) is 0 Å². The van der Waals surface area contributed by atoms with E-state index in [1.54, 1.807) is 62.8 Å². The highest BCUT2D eigenvalue weighted by Gasteiger charge is 2.02. The van der Waals surface area contributed by atoms with Crippen LogP contribution >= 0.6 is 0 Å². The Balaban J connectivity index is 1.91. The van der Waals surface area contributed by atoms with Gasteiger partial charge in [0.2, 0.25) is 0 Å². The van der Waals surface area contributed by atoms with Crippen LogP contribution < -0.4 is 9.47 Å². The molecule has 33 heavy (non-hydrogen) atoms. The summed E-state index contributed by atoms with van der Waals surface area (Å²) in [6.07, 6.45) is 14.0. The Kier molecular flexibility index (Phi) is 10.4. The number of aliphatic hydroxyl groups is 3. The number of methoxy groups -OCH3 is 2. The number of aliphatic hydroxyl groups excluding tert-OH is 3. The van der Waals surface area contributed by atoms with Crippen LogP contribution in [0.3, 0.4) is 0 Å². The summed E-state index contributed by atoms with van der Waals surface area (Å²) in [4.78, 5) is 11.9. The van der Waals surface area contributed by atoms with Crippen molar-refractivity contribution in [2.75, 3.05) is 14.2 Å². The molecular formula is C27H28O6. The van der Waals surface area contributed by atoms with Crippen molar-refractivity contribution in [3.63, 3.8) is 0 Å². The summed E-state index contributed by atoms with van der Waals surface area (Å²) in [5.74, 6) is 0.720. The van der Waals surface area contributed by atoms with E-state index in [0.29, 0.717) is 22.6 Å². The lowest BCUT2D eigenvalue weighted by Gasteiger charge is -2.07. The molecule has 0 spiro atoms. The molecule has 0 heterocycles. The van der Waals surface area contributed by atoms with E-state index in [1.165, 1.54) is 12.2 Å². The molecule has 2 aromatic carbocycles.